The predicted octanol–water partition coefficient (Wildman–Crippen LogP) is 3.44. The highest BCUT2D eigenvalue weighted by Gasteiger charge is 2.26. The summed E-state index contributed by atoms with van der Waals surface area (Å²) in [5, 5.41) is 9.42. The summed E-state index contributed by atoms with van der Waals surface area (Å²) in [7, 11) is 0. The highest BCUT2D eigenvalue weighted by molar-refractivity contribution is 7.20. The average molecular weight is 345 g/mol. The Morgan fingerprint density at radius 2 is 2.09 bits per heavy atom. The van der Waals surface area contributed by atoms with Crippen LogP contribution < -0.4 is 4.74 Å². The molecule has 0 N–H and O–H groups in total. The molecule has 0 atom stereocenters. The molecule has 3 aromatic rings. The standard InChI is InChI=1S/C16H15N3O2S2/c20-15(14-9-11-3-1-2-4-13(11)23-14)19-7-5-12(6-8-19)21-16-18-17-10-22-16/h1-4,9-10,12H,5-8H2. The predicted molar refractivity (Wildman–Crippen MR) is 91.3 cm³/mol. The number of thiophene rings is 1. The zero-order chi connectivity index (χ0) is 15.6. The summed E-state index contributed by atoms with van der Waals surface area (Å²) in [5.41, 5.74) is 1.66. The van der Waals surface area contributed by atoms with Gasteiger partial charge in [-0.05, 0) is 17.5 Å². The maximum atomic E-state index is 12.7. The number of piperidine rings is 1. The van der Waals surface area contributed by atoms with E-state index in [1.54, 1.807) is 16.8 Å². The van der Waals surface area contributed by atoms with Crippen molar-refractivity contribution in [3.63, 3.8) is 0 Å². The second-order valence-corrected chi connectivity index (χ2v) is 7.34. The van der Waals surface area contributed by atoms with Crippen molar-refractivity contribution in [1.82, 2.24) is 15.1 Å². The molecule has 0 unspecified atom stereocenters. The first kappa shape index (κ1) is 14.6. The number of hydrogen-bond donors (Lipinski definition) is 0. The Hall–Kier alpha value is -1.99. The first-order valence-corrected chi connectivity index (χ1v) is 9.20. The van der Waals surface area contributed by atoms with Gasteiger partial charge in [-0.25, -0.2) is 0 Å². The lowest BCUT2D eigenvalue weighted by Gasteiger charge is -2.31. The molecule has 4 rings (SSSR count). The molecule has 2 aromatic heterocycles. The molecule has 5 nitrogen and oxygen atoms in total. The van der Waals surface area contributed by atoms with E-state index < -0.39 is 0 Å². The van der Waals surface area contributed by atoms with Crippen LogP contribution in [0.2, 0.25) is 0 Å². The van der Waals surface area contributed by atoms with Crippen molar-refractivity contribution < 1.29 is 9.53 Å². The van der Waals surface area contributed by atoms with Gasteiger partial charge in [0.25, 0.3) is 11.1 Å². The summed E-state index contributed by atoms with van der Waals surface area (Å²) in [4.78, 5) is 15.4. The van der Waals surface area contributed by atoms with Gasteiger partial charge in [-0.2, -0.15) is 0 Å². The van der Waals surface area contributed by atoms with Crippen LogP contribution in [0.15, 0.2) is 35.8 Å². The largest absolute Gasteiger partial charge is 0.465 e. The Balaban J connectivity index is 1.40. The summed E-state index contributed by atoms with van der Waals surface area (Å²) < 4.78 is 6.94. The number of carbonyl (C=O) groups excluding carboxylic acids is 1. The highest BCUT2D eigenvalue weighted by Crippen LogP contribution is 2.27. The third kappa shape index (κ3) is 3.07. The van der Waals surface area contributed by atoms with E-state index in [-0.39, 0.29) is 12.0 Å². The van der Waals surface area contributed by atoms with Crippen molar-refractivity contribution in [2.75, 3.05) is 13.1 Å². The van der Waals surface area contributed by atoms with E-state index in [0.717, 1.165) is 40.9 Å². The molecule has 1 fully saturated rings. The van der Waals surface area contributed by atoms with Gasteiger partial charge in [-0.1, -0.05) is 29.5 Å². The molecule has 0 spiro atoms. The van der Waals surface area contributed by atoms with Crippen molar-refractivity contribution in [3.05, 3.63) is 40.7 Å². The fraction of sp³-hybridized carbons (Fsp3) is 0.312. The smallest absolute Gasteiger partial charge is 0.294 e. The van der Waals surface area contributed by atoms with Gasteiger partial charge in [0.1, 0.15) is 11.6 Å². The minimum Gasteiger partial charge on any atom is -0.465 e. The number of amides is 1. The highest BCUT2D eigenvalue weighted by atomic mass is 32.1. The molecule has 3 heterocycles. The summed E-state index contributed by atoms with van der Waals surface area (Å²) in [6.45, 7) is 1.44. The Morgan fingerprint density at radius 1 is 1.26 bits per heavy atom. The molecule has 1 aliphatic rings. The minimum absolute atomic E-state index is 0.120. The van der Waals surface area contributed by atoms with Crippen molar-refractivity contribution in [3.8, 4) is 5.19 Å². The Bertz CT molecular complexity index is 775. The van der Waals surface area contributed by atoms with E-state index in [1.165, 1.54) is 11.3 Å². The third-order valence-corrected chi connectivity index (χ3v) is 5.66. The number of carbonyl (C=O) groups is 1. The van der Waals surface area contributed by atoms with Crippen LogP contribution in [-0.4, -0.2) is 40.2 Å². The van der Waals surface area contributed by atoms with Gasteiger partial charge in [0.15, 0.2) is 0 Å². The Morgan fingerprint density at radius 3 is 2.83 bits per heavy atom. The fourth-order valence-corrected chi connectivity index (χ4v) is 4.28. The van der Waals surface area contributed by atoms with E-state index >= 15 is 0 Å². The number of fused-ring (bicyclic) bond motifs is 1. The maximum Gasteiger partial charge on any atom is 0.294 e. The van der Waals surface area contributed by atoms with Gasteiger partial charge in [0.2, 0.25) is 0 Å². The summed E-state index contributed by atoms with van der Waals surface area (Å²) >= 11 is 2.96. The second kappa shape index (κ2) is 6.25. The van der Waals surface area contributed by atoms with Crippen LogP contribution in [0.3, 0.4) is 0 Å². The fourth-order valence-electron chi connectivity index (χ4n) is 2.78. The van der Waals surface area contributed by atoms with Gasteiger partial charge in [-0.3, -0.25) is 4.79 Å². The third-order valence-electron chi connectivity index (χ3n) is 3.97. The number of hydrogen-bond acceptors (Lipinski definition) is 6. The van der Waals surface area contributed by atoms with E-state index in [0.29, 0.717) is 5.19 Å². The molecule has 7 heteroatoms. The van der Waals surface area contributed by atoms with Crippen molar-refractivity contribution >= 4 is 38.7 Å². The molecule has 0 saturated carbocycles. The van der Waals surface area contributed by atoms with Crippen LogP contribution >= 0.6 is 22.7 Å². The SMILES string of the molecule is O=C(c1cc2ccccc2s1)N1CCC(Oc2nncs2)CC1. The topological polar surface area (TPSA) is 55.3 Å². The first-order chi connectivity index (χ1) is 11.3. The summed E-state index contributed by atoms with van der Waals surface area (Å²) in [6, 6.07) is 10.1. The summed E-state index contributed by atoms with van der Waals surface area (Å²) in [5.74, 6) is 0.126. The average Bonchev–Trinajstić information content (AvgIpc) is 3.24. The quantitative estimate of drug-likeness (QED) is 0.730. The summed E-state index contributed by atoms with van der Waals surface area (Å²) in [6.07, 6.45) is 1.78. The molecular weight excluding hydrogens is 330 g/mol. The lowest BCUT2D eigenvalue weighted by Crippen LogP contribution is -2.41. The van der Waals surface area contributed by atoms with Gasteiger partial charge in [-0.15, -0.1) is 21.5 Å². The van der Waals surface area contributed by atoms with Crippen LogP contribution in [0.4, 0.5) is 0 Å². The van der Waals surface area contributed by atoms with Gasteiger partial charge >= 0.3 is 0 Å². The molecule has 0 bridgehead atoms. The van der Waals surface area contributed by atoms with Crippen LogP contribution in [0.1, 0.15) is 22.5 Å². The molecule has 118 valence electrons. The van der Waals surface area contributed by atoms with Gasteiger partial charge in [0, 0.05) is 30.6 Å². The van der Waals surface area contributed by atoms with E-state index in [1.807, 2.05) is 29.2 Å². The molecule has 1 saturated heterocycles. The second-order valence-electron chi connectivity index (χ2n) is 5.46. The van der Waals surface area contributed by atoms with Crippen LogP contribution in [0, 0.1) is 0 Å². The van der Waals surface area contributed by atoms with E-state index in [9.17, 15) is 4.79 Å². The van der Waals surface area contributed by atoms with Crippen molar-refractivity contribution in [2.45, 2.75) is 18.9 Å². The number of likely N-dealkylation sites (tertiary alicyclic amines) is 1. The molecule has 0 radical (unpaired) electrons. The molecule has 1 amide bonds. The lowest BCUT2D eigenvalue weighted by atomic mass is 10.1. The van der Waals surface area contributed by atoms with Gasteiger partial charge in [0.05, 0.1) is 4.88 Å². The lowest BCUT2D eigenvalue weighted by molar-refractivity contribution is 0.0598. The number of ether oxygens (including phenoxy) is 1. The molecule has 23 heavy (non-hydrogen) atoms. The Labute approximate surface area is 141 Å². The zero-order valence-corrected chi connectivity index (χ0v) is 14.0. The van der Waals surface area contributed by atoms with Crippen LogP contribution in [-0.2, 0) is 0 Å². The van der Waals surface area contributed by atoms with Crippen molar-refractivity contribution in [2.24, 2.45) is 0 Å². The number of benzene rings is 1. The van der Waals surface area contributed by atoms with E-state index in [2.05, 4.69) is 16.3 Å². The van der Waals surface area contributed by atoms with Gasteiger partial charge < -0.3 is 9.64 Å². The molecular formula is C16H15N3O2S2. The molecule has 1 aliphatic heterocycles. The Kier molecular flexibility index (Phi) is 3.97. The van der Waals surface area contributed by atoms with E-state index in [4.69, 9.17) is 4.74 Å². The maximum absolute atomic E-state index is 12.7. The first-order valence-electron chi connectivity index (χ1n) is 7.50. The number of aromatic nitrogens is 2. The molecule has 0 aliphatic carbocycles. The monoisotopic (exact) mass is 345 g/mol. The van der Waals surface area contributed by atoms with Crippen LogP contribution in [0.25, 0.3) is 10.1 Å². The minimum atomic E-state index is 0.120. The molecule has 1 aromatic carbocycles. The van der Waals surface area contributed by atoms with Crippen LogP contribution in [0.5, 0.6) is 5.19 Å². The zero-order valence-electron chi connectivity index (χ0n) is 12.3. The normalized spacial score (nSPS) is 15.9. The number of rotatable bonds is 3. The number of nitrogens with zero attached hydrogens (tertiary/aromatic N) is 3. The van der Waals surface area contributed by atoms with Crippen molar-refractivity contribution in [1.29, 1.82) is 0 Å².